The Balaban J connectivity index is 2.50. The zero-order valence-electron chi connectivity index (χ0n) is 9.05. The van der Waals surface area contributed by atoms with Gasteiger partial charge in [0.25, 0.3) is 0 Å². The van der Waals surface area contributed by atoms with E-state index in [2.05, 4.69) is 11.8 Å². The highest BCUT2D eigenvalue weighted by molar-refractivity contribution is 5.88. The van der Waals surface area contributed by atoms with E-state index < -0.39 is 5.97 Å². The predicted molar refractivity (Wildman–Crippen MR) is 66.4 cm³/mol. The van der Waals surface area contributed by atoms with Crippen LogP contribution >= 0.6 is 0 Å². The Morgan fingerprint density at radius 1 is 0.941 bits per heavy atom. The summed E-state index contributed by atoms with van der Waals surface area (Å²) >= 11 is 0. The van der Waals surface area contributed by atoms with Gasteiger partial charge < -0.3 is 5.11 Å². The van der Waals surface area contributed by atoms with E-state index in [0.717, 1.165) is 16.7 Å². The molecule has 0 unspecified atom stereocenters. The SMILES string of the molecule is O=C(O)C#Cc1ccccc1-c1ccccc1. The third-order valence-corrected chi connectivity index (χ3v) is 2.32. The van der Waals surface area contributed by atoms with Gasteiger partial charge in [0, 0.05) is 11.5 Å². The van der Waals surface area contributed by atoms with E-state index >= 15 is 0 Å². The molecule has 2 aromatic rings. The number of rotatable bonds is 1. The molecule has 0 aromatic heterocycles. The van der Waals surface area contributed by atoms with E-state index in [1.54, 1.807) is 0 Å². The third kappa shape index (κ3) is 2.73. The number of benzene rings is 2. The van der Waals surface area contributed by atoms with Gasteiger partial charge in [0.05, 0.1) is 0 Å². The molecule has 82 valence electrons. The van der Waals surface area contributed by atoms with Gasteiger partial charge in [-0.3, -0.25) is 0 Å². The molecule has 2 rings (SSSR count). The zero-order valence-corrected chi connectivity index (χ0v) is 9.05. The smallest absolute Gasteiger partial charge is 0.382 e. The van der Waals surface area contributed by atoms with Crippen molar-refractivity contribution in [3.8, 4) is 23.0 Å². The standard InChI is InChI=1S/C15H10O2/c16-15(17)11-10-13-8-4-5-9-14(13)12-6-2-1-3-7-12/h1-9H,(H,16,17). The van der Waals surface area contributed by atoms with Crippen molar-refractivity contribution in [2.45, 2.75) is 0 Å². The van der Waals surface area contributed by atoms with Crippen molar-refractivity contribution in [3.05, 3.63) is 60.2 Å². The van der Waals surface area contributed by atoms with Gasteiger partial charge in [0.1, 0.15) is 0 Å². The second-order valence-electron chi connectivity index (χ2n) is 3.47. The quantitative estimate of drug-likeness (QED) is 0.753. The second kappa shape index (κ2) is 5.00. The Bertz CT molecular complexity index is 589. The van der Waals surface area contributed by atoms with Crippen molar-refractivity contribution < 1.29 is 9.90 Å². The van der Waals surface area contributed by atoms with E-state index in [0.29, 0.717) is 0 Å². The Kier molecular flexibility index (Phi) is 3.23. The summed E-state index contributed by atoms with van der Waals surface area (Å²) in [5, 5.41) is 8.56. The highest BCUT2D eigenvalue weighted by atomic mass is 16.4. The van der Waals surface area contributed by atoms with Crippen LogP contribution in [-0.2, 0) is 4.79 Å². The number of hydrogen-bond acceptors (Lipinski definition) is 1. The third-order valence-electron chi connectivity index (χ3n) is 2.32. The summed E-state index contributed by atoms with van der Waals surface area (Å²) in [7, 11) is 0. The fourth-order valence-electron chi connectivity index (χ4n) is 1.58. The van der Waals surface area contributed by atoms with E-state index in [-0.39, 0.29) is 0 Å². The van der Waals surface area contributed by atoms with E-state index in [9.17, 15) is 4.79 Å². The van der Waals surface area contributed by atoms with Crippen LogP contribution in [0.2, 0.25) is 0 Å². The highest BCUT2D eigenvalue weighted by Crippen LogP contribution is 2.22. The summed E-state index contributed by atoms with van der Waals surface area (Å²) in [4.78, 5) is 10.4. The Hall–Kier alpha value is -2.53. The van der Waals surface area contributed by atoms with Crippen molar-refractivity contribution in [3.63, 3.8) is 0 Å². The molecule has 0 aliphatic carbocycles. The first kappa shape index (κ1) is 11.0. The molecular weight excluding hydrogens is 212 g/mol. The van der Waals surface area contributed by atoms with Crippen LogP contribution in [0.25, 0.3) is 11.1 Å². The molecule has 0 saturated heterocycles. The van der Waals surface area contributed by atoms with Gasteiger partial charge in [-0.25, -0.2) is 4.79 Å². The Morgan fingerprint density at radius 3 is 2.29 bits per heavy atom. The molecule has 0 saturated carbocycles. The lowest BCUT2D eigenvalue weighted by Crippen LogP contribution is -1.89. The van der Waals surface area contributed by atoms with Crippen LogP contribution in [0.1, 0.15) is 5.56 Å². The molecule has 0 aliphatic rings. The summed E-state index contributed by atoms with van der Waals surface area (Å²) in [6.07, 6.45) is 0. The van der Waals surface area contributed by atoms with Crippen LogP contribution in [0.4, 0.5) is 0 Å². The first-order valence-corrected chi connectivity index (χ1v) is 5.17. The van der Waals surface area contributed by atoms with Crippen molar-refractivity contribution in [2.24, 2.45) is 0 Å². The second-order valence-corrected chi connectivity index (χ2v) is 3.47. The molecule has 2 nitrogen and oxygen atoms in total. The molecule has 0 radical (unpaired) electrons. The number of carboxylic acid groups (broad SMARTS) is 1. The Labute approximate surface area is 99.5 Å². The van der Waals surface area contributed by atoms with Crippen LogP contribution < -0.4 is 0 Å². The summed E-state index contributed by atoms with van der Waals surface area (Å²) in [5.41, 5.74) is 2.70. The lowest BCUT2D eigenvalue weighted by Gasteiger charge is -2.03. The van der Waals surface area contributed by atoms with Crippen molar-refractivity contribution in [2.75, 3.05) is 0 Å². The van der Waals surface area contributed by atoms with Gasteiger partial charge in [-0.2, -0.15) is 0 Å². The molecule has 0 bridgehead atoms. The molecule has 2 heteroatoms. The van der Waals surface area contributed by atoms with Crippen LogP contribution in [0.15, 0.2) is 54.6 Å². The normalized spacial score (nSPS) is 9.18. The summed E-state index contributed by atoms with van der Waals surface area (Å²) in [6.45, 7) is 0. The maximum atomic E-state index is 10.4. The summed E-state index contributed by atoms with van der Waals surface area (Å²) in [5.74, 6) is 3.68. The first-order valence-electron chi connectivity index (χ1n) is 5.17. The molecule has 0 aliphatic heterocycles. The lowest BCUT2D eigenvalue weighted by molar-refractivity contribution is -0.130. The van der Waals surface area contributed by atoms with Gasteiger partial charge >= 0.3 is 5.97 Å². The topological polar surface area (TPSA) is 37.3 Å². The fourth-order valence-corrected chi connectivity index (χ4v) is 1.58. The van der Waals surface area contributed by atoms with Crippen LogP contribution in [0.3, 0.4) is 0 Å². The molecule has 17 heavy (non-hydrogen) atoms. The average Bonchev–Trinajstić information content (AvgIpc) is 2.38. The molecule has 1 N–H and O–H groups in total. The zero-order chi connectivity index (χ0) is 12.1. The van der Waals surface area contributed by atoms with E-state index in [4.69, 9.17) is 5.11 Å². The number of carbonyl (C=O) groups is 1. The van der Waals surface area contributed by atoms with Gasteiger partial charge in [-0.15, -0.1) is 0 Å². The first-order chi connectivity index (χ1) is 8.27. The largest absolute Gasteiger partial charge is 0.472 e. The maximum Gasteiger partial charge on any atom is 0.382 e. The molecule has 0 atom stereocenters. The molecule has 0 amide bonds. The predicted octanol–water partition coefficient (Wildman–Crippen LogP) is 2.79. The monoisotopic (exact) mass is 222 g/mol. The lowest BCUT2D eigenvalue weighted by atomic mass is 10.0. The van der Waals surface area contributed by atoms with Gasteiger partial charge in [0.2, 0.25) is 0 Å². The minimum absolute atomic E-state index is 0.723. The number of hydrogen-bond donors (Lipinski definition) is 1. The van der Waals surface area contributed by atoms with E-state index in [1.165, 1.54) is 0 Å². The average molecular weight is 222 g/mol. The van der Waals surface area contributed by atoms with Gasteiger partial charge in [0.15, 0.2) is 0 Å². The van der Waals surface area contributed by atoms with Crippen molar-refractivity contribution in [1.29, 1.82) is 0 Å². The minimum atomic E-state index is -1.12. The van der Waals surface area contributed by atoms with Crippen molar-refractivity contribution in [1.82, 2.24) is 0 Å². The molecule has 0 spiro atoms. The van der Waals surface area contributed by atoms with Crippen LogP contribution in [-0.4, -0.2) is 11.1 Å². The van der Waals surface area contributed by atoms with Crippen LogP contribution in [0.5, 0.6) is 0 Å². The molecule has 0 fully saturated rings. The van der Waals surface area contributed by atoms with E-state index in [1.807, 2.05) is 54.6 Å². The molecule has 0 heterocycles. The van der Waals surface area contributed by atoms with Gasteiger partial charge in [-0.1, -0.05) is 54.5 Å². The minimum Gasteiger partial charge on any atom is -0.472 e. The summed E-state index contributed by atoms with van der Waals surface area (Å²) < 4.78 is 0. The number of carboxylic acids is 1. The van der Waals surface area contributed by atoms with Crippen LogP contribution in [0, 0.1) is 11.8 Å². The molecular formula is C15H10O2. The maximum absolute atomic E-state index is 10.4. The Morgan fingerprint density at radius 2 is 1.59 bits per heavy atom. The van der Waals surface area contributed by atoms with Crippen molar-refractivity contribution >= 4 is 5.97 Å². The number of aliphatic carboxylic acids is 1. The summed E-state index contributed by atoms with van der Waals surface area (Å²) in [6, 6.07) is 17.3. The highest BCUT2D eigenvalue weighted by Gasteiger charge is 2.01. The van der Waals surface area contributed by atoms with Gasteiger partial charge in [-0.05, 0) is 17.2 Å². The molecule has 2 aromatic carbocycles. The fraction of sp³-hybridized carbons (Fsp3) is 0.